The Kier molecular flexibility index (Phi) is 25.4. The zero-order chi connectivity index (χ0) is 16.4. The topological polar surface area (TPSA) is 29.5 Å². The summed E-state index contributed by atoms with van der Waals surface area (Å²) in [6.07, 6.45) is 3.25. The Bertz CT molecular complexity index is 176. The van der Waals surface area contributed by atoms with Gasteiger partial charge in [0.1, 0.15) is 6.61 Å². The molecule has 1 rings (SSSR count). The highest BCUT2D eigenvalue weighted by Crippen LogP contribution is 2.15. The van der Waals surface area contributed by atoms with Gasteiger partial charge in [0, 0.05) is 19.7 Å². The Morgan fingerprint density at radius 3 is 1.90 bits per heavy atom. The molecule has 124 valence electrons. The van der Waals surface area contributed by atoms with E-state index in [1.807, 2.05) is 53.4 Å². The standard InChI is InChI=1S/C11H21NO2.3C2H6/c1-3-8-14-9-11(13)12-6-4-10(2)5-7-12;3*1-2/h10H,3-9H2,1-2H3;3*1-2H3. The lowest BCUT2D eigenvalue weighted by atomic mass is 9.99. The summed E-state index contributed by atoms with van der Waals surface area (Å²) >= 11 is 0. The summed E-state index contributed by atoms with van der Waals surface area (Å²) in [5, 5.41) is 0. The van der Waals surface area contributed by atoms with Gasteiger partial charge in [0.25, 0.3) is 0 Å². The number of nitrogens with zero attached hydrogens (tertiary/aromatic N) is 1. The van der Waals surface area contributed by atoms with Gasteiger partial charge in [-0.05, 0) is 25.2 Å². The molecule has 0 N–H and O–H groups in total. The molecule has 1 heterocycles. The van der Waals surface area contributed by atoms with Gasteiger partial charge in [-0.2, -0.15) is 0 Å². The van der Waals surface area contributed by atoms with Gasteiger partial charge in [0.05, 0.1) is 0 Å². The van der Waals surface area contributed by atoms with Gasteiger partial charge in [-0.3, -0.25) is 4.79 Å². The minimum Gasteiger partial charge on any atom is -0.372 e. The van der Waals surface area contributed by atoms with Crippen LogP contribution in [0, 0.1) is 5.92 Å². The van der Waals surface area contributed by atoms with E-state index in [4.69, 9.17) is 4.74 Å². The zero-order valence-corrected chi connectivity index (χ0v) is 15.3. The molecule has 0 aliphatic carbocycles. The molecule has 0 unspecified atom stereocenters. The molecule has 0 aromatic heterocycles. The van der Waals surface area contributed by atoms with Crippen molar-refractivity contribution in [3.8, 4) is 0 Å². The number of likely N-dealkylation sites (tertiary alicyclic amines) is 1. The molecular weight excluding hydrogens is 250 g/mol. The highest BCUT2D eigenvalue weighted by Gasteiger charge is 2.19. The van der Waals surface area contributed by atoms with E-state index in [2.05, 4.69) is 6.92 Å². The molecule has 20 heavy (non-hydrogen) atoms. The Morgan fingerprint density at radius 2 is 1.50 bits per heavy atom. The van der Waals surface area contributed by atoms with Gasteiger partial charge >= 0.3 is 0 Å². The van der Waals surface area contributed by atoms with Crippen molar-refractivity contribution >= 4 is 5.91 Å². The SMILES string of the molecule is CC.CC.CC.CCCOCC(=O)N1CCC(C)CC1. The minimum absolute atomic E-state index is 0.158. The molecule has 0 aromatic rings. The normalized spacial score (nSPS) is 13.9. The van der Waals surface area contributed by atoms with Crippen LogP contribution in [0.5, 0.6) is 0 Å². The second kappa shape index (κ2) is 20.7. The molecule has 0 spiro atoms. The van der Waals surface area contributed by atoms with Crippen LogP contribution in [0.3, 0.4) is 0 Å². The van der Waals surface area contributed by atoms with Crippen molar-refractivity contribution in [2.75, 3.05) is 26.3 Å². The smallest absolute Gasteiger partial charge is 0.248 e. The molecule has 1 fully saturated rings. The number of carbonyl (C=O) groups is 1. The van der Waals surface area contributed by atoms with Gasteiger partial charge < -0.3 is 9.64 Å². The monoisotopic (exact) mass is 289 g/mol. The van der Waals surface area contributed by atoms with Crippen LogP contribution in [0.15, 0.2) is 0 Å². The van der Waals surface area contributed by atoms with E-state index in [0.717, 1.165) is 38.3 Å². The van der Waals surface area contributed by atoms with Crippen molar-refractivity contribution in [2.45, 2.75) is 74.7 Å². The van der Waals surface area contributed by atoms with Crippen LogP contribution >= 0.6 is 0 Å². The molecule has 1 saturated heterocycles. The van der Waals surface area contributed by atoms with E-state index in [1.165, 1.54) is 0 Å². The average Bonchev–Trinajstić information content (AvgIpc) is 2.54. The van der Waals surface area contributed by atoms with Crippen LogP contribution in [0.1, 0.15) is 74.7 Å². The van der Waals surface area contributed by atoms with Crippen LogP contribution in [0.4, 0.5) is 0 Å². The maximum atomic E-state index is 11.6. The first-order chi connectivity index (χ1) is 9.74. The highest BCUT2D eigenvalue weighted by molar-refractivity contribution is 5.77. The van der Waals surface area contributed by atoms with Crippen LogP contribution in [-0.2, 0) is 9.53 Å². The first kappa shape index (κ1) is 24.4. The largest absolute Gasteiger partial charge is 0.372 e. The van der Waals surface area contributed by atoms with E-state index >= 15 is 0 Å². The summed E-state index contributed by atoms with van der Waals surface area (Å²) in [6.45, 7) is 19.1. The van der Waals surface area contributed by atoms with E-state index in [0.29, 0.717) is 6.61 Å². The van der Waals surface area contributed by atoms with Crippen molar-refractivity contribution in [2.24, 2.45) is 5.92 Å². The van der Waals surface area contributed by atoms with Gasteiger partial charge in [-0.15, -0.1) is 0 Å². The predicted octanol–water partition coefficient (Wildman–Crippen LogP) is 4.75. The average molecular weight is 290 g/mol. The molecule has 3 nitrogen and oxygen atoms in total. The molecule has 0 aromatic carbocycles. The van der Waals surface area contributed by atoms with E-state index < -0.39 is 0 Å². The van der Waals surface area contributed by atoms with Gasteiger partial charge in [0.15, 0.2) is 0 Å². The third-order valence-electron chi connectivity index (χ3n) is 2.71. The summed E-state index contributed by atoms with van der Waals surface area (Å²) in [4.78, 5) is 13.5. The van der Waals surface area contributed by atoms with E-state index in [-0.39, 0.29) is 12.5 Å². The zero-order valence-electron chi connectivity index (χ0n) is 15.3. The number of hydrogen-bond acceptors (Lipinski definition) is 2. The predicted molar refractivity (Wildman–Crippen MR) is 90.1 cm³/mol. The fraction of sp³-hybridized carbons (Fsp3) is 0.941. The molecular formula is C17H39NO2. The van der Waals surface area contributed by atoms with Crippen molar-refractivity contribution in [1.82, 2.24) is 4.90 Å². The van der Waals surface area contributed by atoms with Crippen LogP contribution in [-0.4, -0.2) is 37.1 Å². The van der Waals surface area contributed by atoms with E-state index in [9.17, 15) is 4.79 Å². The molecule has 0 atom stereocenters. The second-order valence-electron chi connectivity index (χ2n) is 4.12. The highest BCUT2D eigenvalue weighted by atomic mass is 16.5. The van der Waals surface area contributed by atoms with Crippen molar-refractivity contribution in [3.05, 3.63) is 0 Å². The maximum absolute atomic E-state index is 11.6. The third-order valence-corrected chi connectivity index (χ3v) is 2.71. The number of amides is 1. The summed E-state index contributed by atoms with van der Waals surface area (Å²) in [5.41, 5.74) is 0. The maximum Gasteiger partial charge on any atom is 0.248 e. The first-order valence-corrected chi connectivity index (χ1v) is 8.59. The lowest BCUT2D eigenvalue weighted by Crippen LogP contribution is -2.40. The first-order valence-electron chi connectivity index (χ1n) is 8.59. The van der Waals surface area contributed by atoms with Crippen molar-refractivity contribution in [3.63, 3.8) is 0 Å². The fourth-order valence-electron chi connectivity index (χ4n) is 1.65. The van der Waals surface area contributed by atoms with Gasteiger partial charge in [-0.25, -0.2) is 0 Å². The molecule has 3 heteroatoms. The fourth-order valence-corrected chi connectivity index (χ4v) is 1.65. The summed E-state index contributed by atoms with van der Waals surface area (Å²) in [6, 6.07) is 0. The Hall–Kier alpha value is -0.570. The second-order valence-corrected chi connectivity index (χ2v) is 4.12. The van der Waals surface area contributed by atoms with Gasteiger partial charge in [0.2, 0.25) is 5.91 Å². The molecule has 0 bridgehead atoms. The number of piperidine rings is 1. The summed E-state index contributed by atoms with van der Waals surface area (Å²) in [5.74, 6) is 0.931. The molecule has 1 aliphatic rings. The van der Waals surface area contributed by atoms with Crippen LogP contribution in [0.2, 0.25) is 0 Å². The number of hydrogen-bond donors (Lipinski definition) is 0. The lowest BCUT2D eigenvalue weighted by Gasteiger charge is -2.30. The Morgan fingerprint density at radius 1 is 1.05 bits per heavy atom. The molecule has 1 aliphatic heterocycles. The lowest BCUT2D eigenvalue weighted by molar-refractivity contribution is -0.137. The number of rotatable bonds is 4. The van der Waals surface area contributed by atoms with Crippen molar-refractivity contribution < 1.29 is 9.53 Å². The molecule has 1 amide bonds. The third kappa shape index (κ3) is 13.9. The summed E-state index contributed by atoms with van der Waals surface area (Å²) < 4.78 is 5.23. The quantitative estimate of drug-likeness (QED) is 0.699. The number of ether oxygens (including phenoxy) is 1. The Balaban J connectivity index is -0.000000425. The van der Waals surface area contributed by atoms with E-state index in [1.54, 1.807) is 0 Å². The Labute approximate surface area is 128 Å². The summed E-state index contributed by atoms with van der Waals surface area (Å²) in [7, 11) is 0. The number of carbonyl (C=O) groups excluding carboxylic acids is 1. The van der Waals surface area contributed by atoms with Crippen LogP contribution in [0.25, 0.3) is 0 Å². The van der Waals surface area contributed by atoms with Gasteiger partial charge in [-0.1, -0.05) is 55.4 Å². The van der Waals surface area contributed by atoms with Crippen molar-refractivity contribution in [1.29, 1.82) is 0 Å². The minimum atomic E-state index is 0.158. The van der Waals surface area contributed by atoms with Crippen LogP contribution < -0.4 is 0 Å². The molecule has 0 radical (unpaired) electrons. The molecule has 0 saturated carbocycles.